The van der Waals surface area contributed by atoms with Gasteiger partial charge in [-0.05, 0) is 42.0 Å². The molecule has 0 saturated carbocycles. The second-order valence-corrected chi connectivity index (χ2v) is 13.2. The van der Waals surface area contributed by atoms with Gasteiger partial charge in [0.2, 0.25) is 0 Å². The summed E-state index contributed by atoms with van der Waals surface area (Å²) in [6, 6.07) is 58.6. The Balaban J connectivity index is 1.02. The van der Waals surface area contributed by atoms with Gasteiger partial charge in [0, 0.05) is 50.4 Å². The molecule has 0 atom stereocenters. The van der Waals surface area contributed by atoms with Crippen LogP contribution >= 0.6 is 0 Å². The zero-order chi connectivity index (χ0) is 36.6. The van der Waals surface area contributed by atoms with Crippen LogP contribution in [0.15, 0.2) is 187 Å². The van der Waals surface area contributed by atoms with Crippen molar-refractivity contribution in [1.82, 2.24) is 29.9 Å². The summed E-state index contributed by atoms with van der Waals surface area (Å²) in [5.74, 6) is 2.47. The highest BCUT2D eigenvalue weighted by Crippen LogP contribution is 2.34. The zero-order valence-electron chi connectivity index (χ0n) is 29.4. The number of hydrogen-bond donors (Lipinski definition) is 0. The van der Waals surface area contributed by atoms with Gasteiger partial charge in [0.05, 0.1) is 17.1 Å². The standard InChI is InChI=1S/C48H30N6O/c1-4-13-31(14-5-1)45-50-41(35-23-25-39-38-21-10-11-22-43(38)55-44(39)28-35)29-42(51-45)40-26-24-37(30-49-40)34-19-12-20-36(27-34)48-53-46(32-15-6-2-7-16-32)52-47(54-48)33-17-8-3-9-18-33/h1-30H. The second kappa shape index (κ2) is 13.7. The molecule has 55 heavy (non-hydrogen) atoms. The van der Waals surface area contributed by atoms with Crippen molar-refractivity contribution >= 4 is 21.9 Å². The molecule has 0 N–H and O–H groups in total. The van der Waals surface area contributed by atoms with Crippen molar-refractivity contribution in [2.24, 2.45) is 0 Å². The maximum Gasteiger partial charge on any atom is 0.164 e. The van der Waals surface area contributed by atoms with Crippen molar-refractivity contribution in [3.8, 4) is 79.3 Å². The van der Waals surface area contributed by atoms with Crippen LogP contribution in [0, 0.1) is 0 Å². The lowest BCUT2D eigenvalue weighted by atomic mass is 10.0. The van der Waals surface area contributed by atoms with Gasteiger partial charge in [0.25, 0.3) is 0 Å². The Morgan fingerprint density at radius 3 is 1.47 bits per heavy atom. The maximum absolute atomic E-state index is 6.22. The van der Waals surface area contributed by atoms with Crippen LogP contribution in [0.2, 0.25) is 0 Å². The molecule has 4 heterocycles. The summed E-state index contributed by atoms with van der Waals surface area (Å²) in [7, 11) is 0. The number of nitrogens with zero attached hydrogens (tertiary/aromatic N) is 6. The summed E-state index contributed by atoms with van der Waals surface area (Å²) in [5, 5.41) is 2.16. The maximum atomic E-state index is 6.22. The molecule has 10 rings (SSSR count). The van der Waals surface area contributed by atoms with E-state index in [1.165, 1.54) is 0 Å². The first-order chi connectivity index (χ1) is 27.2. The molecule has 0 aliphatic carbocycles. The summed E-state index contributed by atoms with van der Waals surface area (Å²) in [5.41, 5.74) is 10.5. The fraction of sp³-hybridized carbons (Fsp3) is 0. The molecular formula is C48H30N6O. The van der Waals surface area contributed by atoms with Gasteiger partial charge in [-0.15, -0.1) is 0 Å². The number of furan rings is 1. The summed E-state index contributed by atoms with van der Waals surface area (Å²) in [6.07, 6.45) is 1.89. The van der Waals surface area contributed by atoms with E-state index in [1.807, 2.05) is 140 Å². The van der Waals surface area contributed by atoms with E-state index >= 15 is 0 Å². The minimum atomic E-state index is 0.599. The van der Waals surface area contributed by atoms with Crippen LogP contribution in [0.3, 0.4) is 0 Å². The molecule has 4 aromatic heterocycles. The molecule has 0 unspecified atom stereocenters. The van der Waals surface area contributed by atoms with Crippen LogP contribution in [0.4, 0.5) is 0 Å². The van der Waals surface area contributed by atoms with Gasteiger partial charge in [0.1, 0.15) is 11.2 Å². The summed E-state index contributed by atoms with van der Waals surface area (Å²) in [4.78, 5) is 29.6. The van der Waals surface area contributed by atoms with E-state index in [9.17, 15) is 0 Å². The van der Waals surface area contributed by atoms with Crippen molar-refractivity contribution in [2.75, 3.05) is 0 Å². The molecule has 6 aromatic carbocycles. The number of fused-ring (bicyclic) bond motifs is 3. The lowest BCUT2D eigenvalue weighted by molar-refractivity contribution is 0.669. The van der Waals surface area contributed by atoms with Crippen LogP contribution in [0.5, 0.6) is 0 Å². The first-order valence-corrected chi connectivity index (χ1v) is 18.0. The average Bonchev–Trinajstić information content (AvgIpc) is 3.65. The molecule has 10 aromatic rings. The Morgan fingerprint density at radius 1 is 0.291 bits per heavy atom. The van der Waals surface area contributed by atoms with Crippen LogP contribution < -0.4 is 0 Å². The number of hydrogen-bond acceptors (Lipinski definition) is 7. The Bertz CT molecular complexity index is 2910. The Kier molecular flexibility index (Phi) is 8.00. The third-order valence-electron chi connectivity index (χ3n) is 9.61. The van der Waals surface area contributed by atoms with Gasteiger partial charge < -0.3 is 4.42 Å². The number of aromatic nitrogens is 6. The van der Waals surface area contributed by atoms with Crippen LogP contribution in [-0.2, 0) is 0 Å². The fourth-order valence-electron chi connectivity index (χ4n) is 6.82. The molecule has 0 fully saturated rings. The third-order valence-corrected chi connectivity index (χ3v) is 9.61. The summed E-state index contributed by atoms with van der Waals surface area (Å²) in [6.45, 7) is 0. The minimum Gasteiger partial charge on any atom is -0.456 e. The van der Waals surface area contributed by atoms with Crippen LogP contribution in [0.1, 0.15) is 0 Å². The Hall–Kier alpha value is -7.64. The molecule has 0 radical (unpaired) electrons. The number of rotatable bonds is 7. The highest BCUT2D eigenvalue weighted by atomic mass is 16.3. The van der Waals surface area contributed by atoms with Gasteiger partial charge in [-0.2, -0.15) is 0 Å². The van der Waals surface area contributed by atoms with Gasteiger partial charge >= 0.3 is 0 Å². The average molecular weight is 707 g/mol. The van der Waals surface area contributed by atoms with Gasteiger partial charge in [-0.3, -0.25) is 4.98 Å². The summed E-state index contributed by atoms with van der Waals surface area (Å²) < 4.78 is 6.22. The van der Waals surface area contributed by atoms with Crippen molar-refractivity contribution in [1.29, 1.82) is 0 Å². The molecular weight excluding hydrogens is 677 g/mol. The van der Waals surface area contributed by atoms with Crippen LogP contribution in [0.25, 0.3) is 101 Å². The highest BCUT2D eigenvalue weighted by molar-refractivity contribution is 6.05. The van der Waals surface area contributed by atoms with Gasteiger partial charge in [0.15, 0.2) is 23.3 Å². The van der Waals surface area contributed by atoms with E-state index in [0.29, 0.717) is 23.3 Å². The molecule has 258 valence electrons. The van der Waals surface area contributed by atoms with Crippen molar-refractivity contribution in [3.63, 3.8) is 0 Å². The Morgan fingerprint density at radius 2 is 0.818 bits per heavy atom. The molecule has 0 aliphatic rings. The smallest absolute Gasteiger partial charge is 0.164 e. The minimum absolute atomic E-state index is 0.599. The zero-order valence-corrected chi connectivity index (χ0v) is 29.4. The first-order valence-electron chi connectivity index (χ1n) is 18.0. The monoisotopic (exact) mass is 706 g/mol. The van der Waals surface area contributed by atoms with E-state index < -0.39 is 0 Å². The highest BCUT2D eigenvalue weighted by Gasteiger charge is 2.16. The van der Waals surface area contributed by atoms with Crippen molar-refractivity contribution < 1.29 is 4.42 Å². The molecule has 0 aliphatic heterocycles. The third kappa shape index (κ3) is 6.30. The second-order valence-electron chi connectivity index (χ2n) is 13.2. The van der Waals surface area contributed by atoms with E-state index in [2.05, 4.69) is 42.5 Å². The topological polar surface area (TPSA) is 90.5 Å². The van der Waals surface area contributed by atoms with E-state index in [1.54, 1.807) is 0 Å². The molecule has 0 spiro atoms. The fourth-order valence-corrected chi connectivity index (χ4v) is 6.82. The number of para-hydroxylation sites is 1. The predicted octanol–water partition coefficient (Wildman–Crippen LogP) is 11.6. The van der Waals surface area contributed by atoms with Crippen molar-refractivity contribution in [3.05, 3.63) is 182 Å². The normalized spacial score (nSPS) is 11.3. The quantitative estimate of drug-likeness (QED) is 0.163. The van der Waals surface area contributed by atoms with E-state index in [-0.39, 0.29) is 0 Å². The molecule has 7 nitrogen and oxygen atoms in total. The van der Waals surface area contributed by atoms with Gasteiger partial charge in [-0.25, -0.2) is 24.9 Å². The van der Waals surface area contributed by atoms with E-state index in [0.717, 1.165) is 78.0 Å². The van der Waals surface area contributed by atoms with Crippen LogP contribution in [-0.4, -0.2) is 29.9 Å². The molecule has 7 heteroatoms. The lowest BCUT2D eigenvalue weighted by Gasteiger charge is -2.11. The summed E-state index contributed by atoms with van der Waals surface area (Å²) >= 11 is 0. The number of benzene rings is 6. The molecule has 0 amide bonds. The van der Waals surface area contributed by atoms with Gasteiger partial charge in [-0.1, -0.05) is 140 Å². The molecule has 0 saturated heterocycles. The molecule has 0 bridgehead atoms. The van der Waals surface area contributed by atoms with Crippen molar-refractivity contribution in [2.45, 2.75) is 0 Å². The SMILES string of the molecule is c1ccc(-c2nc(-c3ccc4c(c3)oc3ccccc34)cc(-c3ccc(-c4cccc(-c5nc(-c6ccccc6)nc(-c6ccccc6)n5)c4)cn3)n2)cc1. The first kappa shape index (κ1) is 32.0. The Labute approximate surface area is 316 Å². The predicted molar refractivity (Wildman–Crippen MR) is 219 cm³/mol. The number of pyridine rings is 1. The largest absolute Gasteiger partial charge is 0.456 e. The van der Waals surface area contributed by atoms with E-state index in [4.69, 9.17) is 34.3 Å². The lowest BCUT2D eigenvalue weighted by Crippen LogP contribution is -2.00.